The second kappa shape index (κ2) is 5.25. The molecule has 1 aromatic carbocycles. The molecule has 2 rings (SSSR count). The maximum absolute atomic E-state index is 6.14. The summed E-state index contributed by atoms with van der Waals surface area (Å²) in [5.41, 5.74) is 10.5. The van der Waals surface area contributed by atoms with Crippen molar-refractivity contribution >= 4 is 17.4 Å². The van der Waals surface area contributed by atoms with Crippen LogP contribution in [0.25, 0.3) is 11.3 Å². The third-order valence-corrected chi connectivity index (χ3v) is 3.48. The molecule has 0 unspecified atom stereocenters. The van der Waals surface area contributed by atoms with Crippen molar-refractivity contribution in [1.82, 2.24) is 9.78 Å². The number of nitrogen functional groups attached to an aromatic ring is 1. The lowest BCUT2D eigenvalue weighted by molar-refractivity contribution is 0.648. The van der Waals surface area contributed by atoms with Gasteiger partial charge in [-0.15, -0.1) is 0 Å². The Morgan fingerprint density at radius 3 is 2.63 bits per heavy atom. The Balaban J connectivity index is 2.58. The number of hydrogen-bond donors (Lipinski definition) is 1. The number of rotatable bonds is 3. The summed E-state index contributed by atoms with van der Waals surface area (Å²) in [4.78, 5) is 0. The van der Waals surface area contributed by atoms with Gasteiger partial charge in [0.25, 0.3) is 0 Å². The normalized spacial score (nSPS) is 11.3. The topological polar surface area (TPSA) is 43.8 Å². The van der Waals surface area contributed by atoms with Crippen molar-refractivity contribution in [3.05, 3.63) is 34.3 Å². The van der Waals surface area contributed by atoms with Gasteiger partial charge in [-0.25, -0.2) is 0 Å². The van der Waals surface area contributed by atoms with Gasteiger partial charge in [-0.2, -0.15) is 5.10 Å². The molecule has 0 amide bonds. The molecule has 0 radical (unpaired) electrons. The van der Waals surface area contributed by atoms with Gasteiger partial charge >= 0.3 is 0 Å². The number of aromatic nitrogens is 2. The molecule has 0 saturated heterocycles. The van der Waals surface area contributed by atoms with Crippen molar-refractivity contribution in [1.29, 1.82) is 0 Å². The van der Waals surface area contributed by atoms with Gasteiger partial charge in [0.2, 0.25) is 0 Å². The fourth-order valence-electron chi connectivity index (χ4n) is 2.30. The fourth-order valence-corrected chi connectivity index (χ4v) is 2.53. The minimum Gasteiger partial charge on any atom is -0.384 e. The molecule has 19 heavy (non-hydrogen) atoms. The van der Waals surface area contributed by atoms with E-state index < -0.39 is 0 Å². The van der Waals surface area contributed by atoms with Gasteiger partial charge in [0, 0.05) is 23.2 Å². The molecule has 0 aliphatic rings. The zero-order valence-electron chi connectivity index (χ0n) is 11.9. The zero-order chi connectivity index (χ0) is 14.2. The van der Waals surface area contributed by atoms with Crippen LogP contribution in [0, 0.1) is 12.8 Å². The van der Waals surface area contributed by atoms with Crippen LogP contribution in [-0.2, 0) is 13.5 Å². The van der Waals surface area contributed by atoms with Gasteiger partial charge < -0.3 is 5.73 Å². The first-order valence-electron chi connectivity index (χ1n) is 6.48. The lowest BCUT2D eigenvalue weighted by Crippen LogP contribution is -2.02. The molecule has 3 nitrogen and oxygen atoms in total. The van der Waals surface area contributed by atoms with E-state index in [1.54, 1.807) is 4.68 Å². The number of nitrogens with two attached hydrogens (primary N) is 1. The van der Waals surface area contributed by atoms with E-state index in [4.69, 9.17) is 17.3 Å². The number of nitrogens with zero attached hydrogens (tertiary/aromatic N) is 2. The standard InChI is InChI=1S/C15H20ClN3/c1-9(2)7-13-14(18-19(4)15(13)17)12-6-5-11(16)8-10(12)3/h5-6,8-9H,7,17H2,1-4H3. The summed E-state index contributed by atoms with van der Waals surface area (Å²) in [6.45, 7) is 6.42. The number of halogens is 1. The maximum Gasteiger partial charge on any atom is 0.125 e. The molecule has 0 atom stereocenters. The van der Waals surface area contributed by atoms with Crippen molar-refractivity contribution in [2.24, 2.45) is 13.0 Å². The maximum atomic E-state index is 6.14. The highest BCUT2D eigenvalue weighted by atomic mass is 35.5. The molecule has 0 aliphatic carbocycles. The molecule has 2 aromatic rings. The molecule has 1 aromatic heterocycles. The van der Waals surface area contributed by atoms with Crippen molar-refractivity contribution in [3.8, 4) is 11.3 Å². The molecular weight excluding hydrogens is 258 g/mol. The Labute approximate surface area is 119 Å². The van der Waals surface area contributed by atoms with E-state index in [0.717, 1.165) is 39.6 Å². The van der Waals surface area contributed by atoms with Crippen LogP contribution in [0.4, 0.5) is 5.82 Å². The molecule has 102 valence electrons. The average molecular weight is 278 g/mol. The molecule has 0 saturated carbocycles. The fraction of sp³-hybridized carbons (Fsp3) is 0.400. The third-order valence-electron chi connectivity index (χ3n) is 3.25. The Bertz CT molecular complexity index is 600. The quantitative estimate of drug-likeness (QED) is 0.927. The van der Waals surface area contributed by atoms with Gasteiger partial charge in [0.1, 0.15) is 5.82 Å². The van der Waals surface area contributed by atoms with Crippen molar-refractivity contribution in [3.63, 3.8) is 0 Å². The molecule has 0 bridgehead atoms. The average Bonchev–Trinajstić information content (AvgIpc) is 2.57. The highest BCUT2D eigenvalue weighted by Gasteiger charge is 2.17. The minimum atomic E-state index is 0.540. The Hall–Kier alpha value is -1.48. The van der Waals surface area contributed by atoms with Gasteiger partial charge in [-0.05, 0) is 37.0 Å². The molecule has 0 spiro atoms. The first-order valence-corrected chi connectivity index (χ1v) is 6.85. The summed E-state index contributed by atoms with van der Waals surface area (Å²) < 4.78 is 1.75. The Morgan fingerprint density at radius 1 is 1.37 bits per heavy atom. The summed E-state index contributed by atoms with van der Waals surface area (Å²) in [5.74, 6) is 1.29. The smallest absolute Gasteiger partial charge is 0.125 e. The first kappa shape index (κ1) is 13.9. The van der Waals surface area contributed by atoms with Crippen LogP contribution < -0.4 is 5.73 Å². The zero-order valence-corrected chi connectivity index (χ0v) is 12.6. The van der Waals surface area contributed by atoms with Crippen LogP contribution >= 0.6 is 11.6 Å². The number of aryl methyl sites for hydroxylation is 2. The van der Waals surface area contributed by atoms with E-state index in [9.17, 15) is 0 Å². The SMILES string of the molecule is Cc1cc(Cl)ccc1-c1nn(C)c(N)c1CC(C)C. The van der Waals surface area contributed by atoms with E-state index in [-0.39, 0.29) is 0 Å². The molecule has 1 heterocycles. The highest BCUT2D eigenvalue weighted by Crippen LogP contribution is 2.32. The van der Waals surface area contributed by atoms with Crippen LogP contribution in [0.1, 0.15) is 25.0 Å². The van der Waals surface area contributed by atoms with Crippen LogP contribution in [0.5, 0.6) is 0 Å². The van der Waals surface area contributed by atoms with Crippen LogP contribution in [0.2, 0.25) is 5.02 Å². The summed E-state index contributed by atoms with van der Waals surface area (Å²) in [6, 6.07) is 5.87. The second-order valence-corrected chi connectivity index (χ2v) is 5.83. The van der Waals surface area contributed by atoms with Crippen molar-refractivity contribution in [2.75, 3.05) is 5.73 Å². The van der Waals surface area contributed by atoms with Gasteiger partial charge in [0.15, 0.2) is 0 Å². The lowest BCUT2D eigenvalue weighted by Gasteiger charge is -2.09. The molecule has 0 fully saturated rings. The minimum absolute atomic E-state index is 0.540. The number of anilines is 1. The third kappa shape index (κ3) is 2.76. The Kier molecular flexibility index (Phi) is 3.85. The van der Waals surface area contributed by atoms with E-state index >= 15 is 0 Å². The number of benzene rings is 1. The van der Waals surface area contributed by atoms with Crippen molar-refractivity contribution in [2.45, 2.75) is 27.2 Å². The summed E-state index contributed by atoms with van der Waals surface area (Å²) in [6.07, 6.45) is 0.928. The molecule has 2 N–H and O–H groups in total. The molecule has 4 heteroatoms. The summed E-state index contributed by atoms with van der Waals surface area (Å²) in [5, 5.41) is 5.32. The summed E-state index contributed by atoms with van der Waals surface area (Å²) >= 11 is 6.01. The van der Waals surface area contributed by atoms with E-state index in [0.29, 0.717) is 5.92 Å². The molecular formula is C15H20ClN3. The predicted octanol–water partition coefficient (Wildman–Crippen LogP) is 3.83. The molecule has 0 aliphatic heterocycles. The van der Waals surface area contributed by atoms with Crippen molar-refractivity contribution < 1.29 is 0 Å². The number of hydrogen-bond acceptors (Lipinski definition) is 2. The second-order valence-electron chi connectivity index (χ2n) is 5.39. The first-order chi connectivity index (χ1) is 8.90. The lowest BCUT2D eigenvalue weighted by atomic mass is 9.97. The summed E-state index contributed by atoms with van der Waals surface area (Å²) in [7, 11) is 1.88. The van der Waals surface area contributed by atoms with E-state index in [1.165, 1.54) is 0 Å². The van der Waals surface area contributed by atoms with Crippen LogP contribution in [-0.4, -0.2) is 9.78 Å². The van der Waals surface area contributed by atoms with Gasteiger partial charge in [0.05, 0.1) is 5.69 Å². The monoisotopic (exact) mass is 277 g/mol. The Morgan fingerprint density at radius 2 is 2.05 bits per heavy atom. The van der Waals surface area contributed by atoms with E-state index in [1.807, 2.05) is 32.2 Å². The highest BCUT2D eigenvalue weighted by molar-refractivity contribution is 6.30. The predicted molar refractivity (Wildman–Crippen MR) is 81.3 cm³/mol. The van der Waals surface area contributed by atoms with Gasteiger partial charge in [-0.1, -0.05) is 31.5 Å². The largest absolute Gasteiger partial charge is 0.384 e. The van der Waals surface area contributed by atoms with Crippen LogP contribution in [0.15, 0.2) is 18.2 Å². The van der Waals surface area contributed by atoms with Crippen LogP contribution in [0.3, 0.4) is 0 Å². The van der Waals surface area contributed by atoms with E-state index in [2.05, 4.69) is 18.9 Å². The van der Waals surface area contributed by atoms with Gasteiger partial charge in [-0.3, -0.25) is 4.68 Å².